The SMILES string of the molecule is CO[C@H](C)CN1CCN(c2ccc3c(=O)n(CCc4ccc5c(c4)CN(C)C5=O)c(C)nc3c2)CC1=O. The van der Waals surface area contributed by atoms with Gasteiger partial charge < -0.3 is 19.4 Å². The van der Waals surface area contributed by atoms with Crippen LogP contribution in [0.3, 0.4) is 0 Å². The molecule has 2 aromatic carbocycles. The number of amides is 2. The van der Waals surface area contributed by atoms with Crippen molar-refractivity contribution in [3.8, 4) is 0 Å². The first-order chi connectivity index (χ1) is 17.7. The van der Waals surface area contributed by atoms with Crippen LogP contribution >= 0.6 is 0 Å². The van der Waals surface area contributed by atoms with Gasteiger partial charge in [-0.05, 0) is 55.7 Å². The number of aromatic nitrogens is 2. The normalized spacial score (nSPS) is 16.6. The minimum atomic E-state index is -0.0698. The van der Waals surface area contributed by atoms with Gasteiger partial charge in [0.1, 0.15) is 5.82 Å². The number of carbonyl (C=O) groups excluding carboxylic acids is 2. The second-order valence-corrected chi connectivity index (χ2v) is 10.0. The Kier molecular flexibility index (Phi) is 6.72. The Morgan fingerprint density at radius 3 is 2.62 bits per heavy atom. The molecule has 2 aliphatic heterocycles. The molecule has 0 N–H and O–H groups in total. The quantitative estimate of drug-likeness (QED) is 0.491. The lowest BCUT2D eigenvalue weighted by Gasteiger charge is -2.36. The monoisotopic (exact) mass is 503 g/mol. The summed E-state index contributed by atoms with van der Waals surface area (Å²) in [7, 11) is 3.46. The predicted octanol–water partition coefficient (Wildman–Crippen LogP) is 2.22. The smallest absolute Gasteiger partial charge is 0.261 e. The van der Waals surface area contributed by atoms with Gasteiger partial charge in [0.15, 0.2) is 0 Å². The third-order valence-corrected chi connectivity index (χ3v) is 7.47. The number of fused-ring (bicyclic) bond motifs is 2. The van der Waals surface area contributed by atoms with E-state index >= 15 is 0 Å². The zero-order valence-electron chi connectivity index (χ0n) is 21.9. The summed E-state index contributed by atoms with van der Waals surface area (Å²) in [5.74, 6) is 0.774. The summed E-state index contributed by atoms with van der Waals surface area (Å²) in [5, 5.41) is 0.564. The van der Waals surface area contributed by atoms with Gasteiger partial charge in [-0.2, -0.15) is 0 Å². The zero-order valence-corrected chi connectivity index (χ0v) is 21.9. The average Bonchev–Trinajstić information content (AvgIpc) is 3.17. The lowest BCUT2D eigenvalue weighted by atomic mass is 10.0. The van der Waals surface area contributed by atoms with Crippen molar-refractivity contribution < 1.29 is 14.3 Å². The summed E-state index contributed by atoms with van der Waals surface area (Å²) in [4.78, 5) is 48.5. The van der Waals surface area contributed by atoms with E-state index in [1.165, 1.54) is 0 Å². The van der Waals surface area contributed by atoms with Crippen LogP contribution in [0.2, 0.25) is 0 Å². The fourth-order valence-corrected chi connectivity index (χ4v) is 5.20. The first-order valence-corrected chi connectivity index (χ1v) is 12.7. The van der Waals surface area contributed by atoms with Gasteiger partial charge in [0.05, 0.1) is 23.6 Å². The number of anilines is 1. The summed E-state index contributed by atoms with van der Waals surface area (Å²) < 4.78 is 7.01. The first-order valence-electron chi connectivity index (χ1n) is 12.7. The van der Waals surface area contributed by atoms with Crippen LogP contribution in [0.5, 0.6) is 0 Å². The van der Waals surface area contributed by atoms with Crippen LogP contribution in [0.25, 0.3) is 10.9 Å². The predicted molar refractivity (Wildman–Crippen MR) is 142 cm³/mol. The van der Waals surface area contributed by atoms with Gasteiger partial charge in [-0.25, -0.2) is 4.98 Å². The molecule has 0 unspecified atom stereocenters. The molecule has 3 heterocycles. The number of carbonyl (C=O) groups is 2. The van der Waals surface area contributed by atoms with Crippen molar-refractivity contribution in [2.45, 2.75) is 39.5 Å². The van der Waals surface area contributed by atoms with Crippen molar-refractivity contribution in [1.29, 1.82) is 0 Å². The Labute approximate surface area is 216 Å². The fourth-order valence-electron chi connectivity index (χ4n) is 5.20. The van der Waals surface area contributed by atoms with E-state index in [4.69, 9.17) is 9.72 Å². The number of piperazine rings is 1. The Hall–Kier alpha value is -3.72. The standard InChI is InChI=1S/C28H33N5O4/c1-18(37-4)15-32-12-11-31(17-26(32)34)22-6-8-24-25(14-22)29-19(2)33(28(24)36)10-9-20-5-7-23-21(13-20)16-30(3)27(23)35/h5-8,13-14,18H,9-12,15-17H2,1-4H3/t18-/m1/s1. The maximum Gasteiger partial charge on any atom is 0.261 e. The van der Waals surface area contributed by atoms with E-state index in [1.54, 1.807) is 23.6 Å². The minimum Gasteiger partial charge on any atom is -0.380 e. The summed E-state index contributed by atoms with van der Waals surface area (Å²) in [6.45, 7) is 7.15. The number of methoxy groups -OCH3 is 1. The minimum absolute atomic E-state index is 0.000819. The summed E-state index contributed by atoms with van der Waals surface area (Å²) in [6, 6.07) is 11.5. The van der Waals surface area contributed by atoms with E-state index in [-0.39, 0.29) is 23.5 Å². The van der Waals surface area contributed by atoms with Gasteiger partial charge in [-0.15, -0.1) is 0 Å². The number of benzene rings is 2. The third kappa shape index (κ3) is 4.83. The second kappa shape index (κ2) is 9.97. The lowest BCUT2D eigenvalue weighted by molar-refractivity contribution is -0.132. The molecule has 0 radical (unpaired) electrons. The van der Waals surface area contributed by atoms with Gasteiger partial charge in [-0.1, -0.05) is 12.1 Å². The molecule has 9 nitrogen and oxygen atoms in total. The van der Waals surface area contributed by atoms with Crippen LogP contribution < -0.4 is 10.5 Å². The van der Waals surface area contributed by atoms with E-state index in [1.807, 2.05) is 54.0 Å². The average molecular weight is 504 g/mol. The summed E-state index contributed by atoms with van der Waals surface area (Å²) in [5.41, 5.74) is 4.34. The Balaban J connectivity index is 1.32. The number of aryl methyl sites for hydroxylation is 2. The van der Waals surface area contributed by atoms with Crippen molar-refractivity contribution in [2.75, 3.05) is 45.2 Å². The number of hydrogen-bond acceptors (Lipinski definition) is 6. The van der Waals surface area contributed by atoms with E-state index in [9.17, 15) is 14.4 Å². The third-order valence-electron chi connectivity index (χ3n) is 7.47. The largest absolute Gasteiger partial charge is 0.380 e. The molecule has 9 heteroatoms. The molecule has 2 amide bonds. The molecule has 3 aromatic rings. The van der Waals surface area contributed by atoms with Crippen LogP contribution in [0.4, 0.5) is 5.69 Å². The van der Waals surface area contributed by atoms with E-state index in [0.717, 1.165) is 22.4 Å². The van der Waals surface area contributed by atoms with Crippen LogP contribution in [0, 0.1) is 6.92 Å². The van der Waals surface area contributed by atoms with Gasteiger partial charge in [0.25, 0.3) is 11.5 Å². The number of rotatable bonds is 7. The molecule has 0 aliphatic carbocycles. The highest BCUT2D eigenvalue weighted by Gasteiger charge is 2.26. The van der Waals surface area contributed by atoms with Crippen LogP contribution in [-0.2, 0) is 29.0 Å². The van der Waals surface area contributed by atoms with E-state index in [0.29, 0.717) is 62.4 Å². The van der Waals surface area contributed by atoms with Gasteiger partial charge in [-0.3, -0.25) is 19.0 Å². The molecular weight excluding hydrogens is 470 g/mol. The molecule has 1 atom stereocenters. The van der Waals surface area contributed by atoms with Gasteiger partial charge in [0, 0.05) is 58.1 Å². The summed E-state index contributed by atoms with van der Waals surface area (Å²) >= 11 is 0. The molecular formula is C28H33N5O4. The Morgan fingerprint density at radius 2 is 1.86 bits per heavy atom. The van der Waals surface area contributed by atoms with E-state index in [2.05, 4.69) is 6.07 Å². The highest BCUT2D eigenvalue weighted by atomic mass is 16.5. The first kappa shape index (κ1) is 25.0. The van der Waals surface area contributed by atoms with Crippen molar-refractivity contribution in [3.05, 3.63) is 69.3 Å². The molecule has 1 aromatic heterocycles. The van der Waals surface area contributed by atoms with Crippen LogP contribution in [0.1, 0.15) is 34.2 Å². The maximum absolute atomic E-state index is 13.3. The highest BCUT2D eigenvalue weighted by molar-refractivity contribution is 5.98. The number of ether oxygens (including phenoxy) is 1. The van der Waals surface area contributed by atoms with Crippen molar-refractivity contribution in [1.82, 2.24) is 19.4 Å². The van der Waals surface area contributed by atoms with Crippen molar-refractivity contribution in [2.24, 2.45) is 0 Å². The molecule has 194 valence electrons. The van der Waals surface area contributed by atoms with Crippen molar-refractivity contribution in [3.63, 3.8) is 0 Å². The highest BCUT2D eigenvalue weighted by Crippen LogP contribution is 2.24. The zero-order chi connectivity index (χ0) is 26.3. The Bertz CT molecular complexity index is 1430. The molecule has 0 bridgehead atoms. The summed E-state index contributed by atoms with van der Waals surface area (Å²) in [6.07, 6.45) is 0.671. The van der Waals surface area contributed by atoms with Crippen molar-refractivity contribution >= 4 is 28.4 Å². The Morgan fingerprint density at radius 1 is 1.05 bits per heavy atom. The molecule has 0 saturated carbocycles. The van der Waals surface area contributed by atoms with Gasteiger partial charge in [0.2, 0.25) is 5.91 Å². The molecule has 5 rings (SSSR count). The second-order valence-electron chi connectivity index (χ2n) is 10.0. The van der Waals surface area contributed by atoms with E-state index < -0.39 is 0 Å². The molecule has 1 saturated heterocycles. The molecule has 1 fully saturated rings. The number of hydrogen-bond donors (Lipinski definition) is 0. The lowest BCUT2D eigenvalue weighted by Crippen LogP contribution is -2.52. The maximum atomic E-state index is 13.3. The topological polar surface area (TPSA) is 88.0 Å². The number of nitrogens with zero attached hydrogens (tertiary/aromatic N) is 5. The fraction of sp³-hybridized carbons (Fsp3) is 0.429. The molecule has 37 heavy (non-hydrogen) atoms. The molecule has 0 spiro atoms. The van der Waals surface area contributed by atoms with Crippen LogP contribution in [0.15, 0.2) is 41.2 Å². The van der Waals surface area contributed by atoms with Crippen LogP contribution in [-0.4, -0.2) is 77.6 Å². The molecule has 2 aliphatic rings. The van der Waals surface area contributed by atoms with Gasteiger partial charge >= 0.3 is 0 Å².